The Balaban J connectivity index is 1.30. The standard InChI is InChI=1S/C26H29FN4O3/c1-30(2)26(33)23-12-16-11-21(32)18(13-22(16)34-23)19-7-8-24(29-28-19)31(17-5-6-17)20-10-14-3-4-15(9-14)25(20)27/h7-8,11-15,17,20,25,32H,3-6,9-10H2,1-2H3/t14-,15+,20+,25-/m1/s1. The summed E-state index contributed by atoms with van der Waals surface area (Å²) < 4.78 is 21.1. The third-order valence-electron chi connectivity index (χ3n) is 7.71. The molecule has 3 fully saturated rings. The lowest BCUT2D eigenvalue weighted by Crippen LogP contribution is -2.49. The first-order valence-corrected chi connectivity index (χ1v) is 12.1. The third-order valence-corrected chi connectivity index (χ3v) is 7.71. The van der Waals surface area contributed by atoms with Crippen LogP contribution in [0.2, 0.25) is 0 Å². The number of hydrogen-bond acceptors (Lipinski definition) is 6. The molecule has 0 radical (unpaired) electrons. The molecule has 3 aliphatic rings. The molecular weight excluding hydrogens is 435 g/mol. The van der Waals surface area contributed by atoms with Crippen LogP contribution in [0.3, 0.4) is 0 Å². The van der Waals surface area contributed by atoms with E-state index < -0.39 is 6.17 Å². The average molecular weight is 465 g/mol. The summed E-state index contributed by atoms with van der Waals surface area (Å²) in [5.74, 6) is 1.50. The molecule has 1 amide bonds. The van der Waals surface area contributed by atoms with E-state index in [2.05, 4.69) is 15.1 Å². The molecule has 2 bridgehead atoms. The van der Waals surface area contributed by atoms with Crippen molar-refractivity contribution >= 4 is 22.7 Å². The Hall–Kier alpha value is -3.16. The highest BCUT2D eigenvalue weighted by Gasteiger charge is 2.48. The van der Waals surface area contributed by atoms with Crippen LogP contribution in [0.15, 0.2) is 34.7 Å². The van der Waals surface area contributed by atoms with Gasteiger partial charge < -0.3 is 19.3 Å². The summed E-state index contributed by atoms with van der Waals surface area (Å²) in [4.78, 5) is 15.8. The highest BCUT2D eigenvalue weighted by atomic mass is 19.1. The molecular formula is C26H29FN4O3. The first-order valence-electron chi connectivity index (χ1n) is 12.1. The lowest BCUT2D eigenvalue weighted by atomic mass is 9.83. The first kappa shape index (κ1) is 21.4. The van der Waals surface area contributed by atoms with Crippen LogP contribution in [0.25, 0.3) is 22.2 Å². The molecule has 8 heteroatoms. The van der Waals surface area contributed by atoms with Gasteiger partial charge in [-0.1, -0.05) is 0 Å². The normalized spacial score (nSPS) is 26.1. The van der Waals surface area contributed by atoms with Crippen molar-refractivity contribution in [3.8, 4) is 17.0 Å². The zero-order chi connectivity index (χ0) is 23.6. The molecule has 0 saturated heterocycles. The second kappa shape index (κ2) is 7.96. The van der Waals surface area contributed by atoms with E-state index in [0.717, 1.165) is 38.5 Å². The fraction of sp³-hybridized carbons (Fsp3) is 0.500. The number of carbonyl (C=O) groups is 1. The van der Waals surface area contributed by atoms with Crippen molar-refractivity contribution in [2.24, 2.45) is 11.8 Å². The van der Waals surface area contributed by atoms with Crippen LogP contribution < -0.4 is 4.90 Å². The second-order valence-corrected chi connectivity index (χ2v) is 10.3. The van der Waals surface area contributed by atoms with Crippen LogP contribution in [-0.4, -0.2) is 58.5 Å². The Morgan fingerprint density at radius 1 is 1.09 bits per heavy atom. The van der Waals surface area contributed by atoms with Gasteiger partial charge in [0.25, 0.3) is 5.91 Å². The van der Waals surface area contributed by atoms with Crippen molar-refractivity contribution in [1.29, 1.82) is 0 Å². The molecule has 0 spiro atoms. The summed E-state index contributed by atoms with van der Waals surface area (Å²) in [6.07, 6.45) is 5.37. The van der Waals surface area contributed by atoms with Gasteiger partial charge in [0.1, 0.15) is 17.5 Å². The van der Waals surface area contributed by atoms with Gasteiger partial charge in [0.05, 0.1) is 11.7 Å². The van der Waals surface area contributed by atoms with Gasteiger partial charge in [-0.25, -0.2) is 4.39 Å². The van der Waals surface area contributed by atoms with Gasteiger partial charge in [0.2, 0.25) is 0 Å². The summed E-state index contributed by atoms with van der Waals surface area (Å²) in [5.41, 5.74) is 1.46. The Labute approximate surface area is 197 Å². The molecule has 7 nitrogen and oxygen atoms in total. The monoisotopic (exact) mass is 464 g/mol. The third kappa shape index (κ3) is 3.60. The number of amides is 1. The molecule has 0 unspecified atom stereocenters. The largest absolute Gasteiger partial charge is 0.507 e. The second-order valence-electron chi connectivity index (χ2n) is 10.3. The van der Waals surface area contributed by atoms with Crippen molar-refractivity contribution < 1.29 is 18.7 Å². The predicted molar refractivity (Wildman–Crippen MR) is 127 cm³/mol. The van der Waals surface area contributed by atoms with E-state index in [1.54, 1.807) is 32.3 Å². The highest BCUT2D eigenvalue weighted by Crippen LogP contribution is 2.48. The number of anilines is 1. The number of phenols is 1. The molecule has 6 rings (SSSR count). The number of benzene rings is 1. The van der Waals surface area contributed by atoms with Gasteiger partial charge in [0.15, 0.2) is 11.6 Å². The van der Waals surface area contributed by atoms with Gasteiger partial charge in [-0.3, -0.25) is 4.79 Å². The minimum atomic E-state index is -0.815. The number of halogens is 1. The summed E-state index contributed by atoms with van der Waals surface area (Å²) in [6.45, 7) is 0. The maximum Gasteiger partial charge on any atom is 0.289 e. The van der Waals surface area contributed by atoms with Crippen molar-refractivity contribution in [2.45, 2.75) is 56.8 Å². The molecule has 2 heterocycles. The minimum absolute atomic E-state index is 0.0333. The molecule has 178 valence electrons. The van der Waals surface area contributed by atoms with Crippen molar-refractivity contribution in [2.75, 3.05) is 19.0 Å². The van der Waals surface area contributed by atoms with E-state index >= 15 is 4.39 Å². The van der Waals surface area contributed by atoms with Crippen molar-refractivity contribution in [3.63, 3.8) is 0 Å². The number of alkyl halides is 1. The maximum atomic E-state index is 15.4. The van der Waals surface area contributed by atoms with Crippen molar-refractivity contribution in [3.05, 3.63) is 36.1 Å². The number of fused-ring (bicyclic) bond motifs is 3. The van der Waals surface area contributed by atoms with E-state index in [-0.39, 0.29) is 29.4 Å². The van der Waals surface area contributed by atoms with Gasteiger partial charge in [-0.15, -0.1) is 10.2 Å². The van der Waals surface area contributed by atoms with Gasteiger partial charge >= 0.3 is 0 Å². The first-order chi connectivity index (χ1) is 16.4. The Morgan fingerprint density at radius 2 is 1.91 bits per heavy atom. The topological polar surface area (TPSA) is 82.7 Å². The number of aromatic nitrogens is 2. The van der Waals surface area contributed by atoms with Crippen LogP contribution in [0.5, 0.6) is 5.75 Å². The smallest absolute Gasteiger partial charge is 0.289 e. The molecule has 0 aliphatic heterocycles. The number of furan rings is 1. The lowest BCUT2D eigenvalue weighted by Gasteiger charge is -2.40. The van der Waals surface area contributed by atoms with Crippen LogP contribution in [0, 0.1) is 11.8 Å². The Bertz CT molecular complexity index is 1240. The molecule has 34 heavy (non-hydrogen) atoms. The number of phenolic OH excluding ortho intramolecular Hbond substituents is 1. The van der Waals surface area contributed by atoms with Gasteiger partial charge in [-0.2, -0.15) is 0 Å². The van der Waals surface area contributed by atoms with Crippen LogP contribution >= 0.6 is 0 Å². The number of aromatic hydroxyl groups is 1. The van der Waals surface area contributed by atoms with Crippen molar-refractivity contribution in [1.82, 2.24) is 15.1 Å². The number of hydrogen-bond donors (Lipinski definition) is 1. The summed E-state index contributed by atoms with van der Waals surface area (Å²) in [7, 11) is 3.31. The van der Waals surface area contributed by atoms with Crippen LogP contribution in [0.1, 0.15) is 49.1 Å². The molecule has 3 aromatic rings. The molecule has 1 aromatic carbocycles. The average Bonchev–Trinajstić information content (AvgIpc) is 3.44. The summed E-state index contributed by atoms with van der Waals surface area (Å²) in [5, 5.41) is 20.2. The van der Waals surface area contributed by atoms with E-state index in [4.69, 9.17) is 4.42 Å². The molecule has 2 aromatic heterocycles. The van der Waals surface area contributed by atoms with Gasteiger partial charge in [-0.05, 0) is 80.7 Å². The number of nitrogens with zero attached hydrogens (tertiary/aromatic N) is 4. The van der Waals surface area contributed by atoms with E-state index in [1.165, 1.54) is 4.90 Å². The van der Waals surface area contributed by atoms with E-state index in [0.29, 0.717) is 40.0 Å². The van der Waals surface area contributed by atoms with E-state index in [1.807, 2.05) is 12.1 Å². The molecule has 4 atom stereocenters. The molecule has 1 N–H and O–H groups in total. The highest BCUT2D eigenvalue weighted by molar-refractivity contribution is 5.97. The fourth-order valence-corrected chi connectivity index (χ4v) is 5.86. The zero-order valence-corrected chi connectivity index (χ0v) is 19.4. The maximum absolute atomic E-state index is 15.4. The van der Waals surface area contributed by atoms with Gasteiger partial charge in [0, 0.05) is 31.1 Å². The number of rotatable bonds is 5. The summed E-state index contributed by atoms with van der Waals surface area (Å²) >= 11 is 0. The quantitative estimate of drug-likeness (QED) is 0.585. The van der Waals surface area contributed by atoms with Crippen LogP contribution in [-0.2, 0) is 0 Å². The predicted octanol–water partition coefficient (Wildman–Crippen LogP) is 4.79. The van der Waals surface area contributed by atoms with Crippen LogP contribution in [0.4, 0.5) is 10.2 Å². The molecule has 3 aliphatic carbocycles. The fourth-order valence-electron chi connectivity index (χ4n) is 5.86. The zero-order valence-electron chi connectivity index (χ0n) is 19.4. The Morgan fingerprint density at radius 3 is 2.62 bits per heavy atom. The SMILES string of the molecule is CN(C)C(=O)c1cc2cc(O)c(-c3ccc(N(C4CC4)[C@H]4C[C@@H]5CC[C@@H](C5)[C@H]4F)nn3)cc2o1. The Kier molecular flexibility index (Phi) is 5.00. The molecule has 3 saturated carbocycles. The lowest BCUT2D eigenvalue weighted by molar-refractivity contribution is 0.0799. The minimum Gasteiger partial charge on any atom is -0.507 e. The number of carbonyl (C=O) groups excluding carboxylic acids is 1. The summed E-state index contributed by atoms with van der Waals surface area (Å²) in [6, 6.07) is 8.78. The van der Waals surface area contributed by atoms with E-state index in [9.17, 15) is 9.90 Å².